The van der Waals surface area contributed by atoms with Crippen LogP contribution in [0.3, 0.4) is 0 Å². The number of carbonyl (C=O) groups excluding carboxylic acids is 1. The second kappa shape index (κ2) is 12.4. The van der Waals surface area contributed by atoms with Gasteiger partial charge in [0.2, 0.25) is 10.0 Å². The molecule has 44 heavy (non-hydrogen) atoms. The van der Waals surface area contributed by atoms with Crippen LogP contribution in [0.1, 0.15) is 92.8 Å². The van der Waals surface area contributed by atoms with Crippen LogP contribution in [-0.2, 0) is 28.3 Å². The minimum atomic E-state index is -3.94. The van der Waals surface area contributed by atoms with E-state index in [0.29, 0.717) is 24.3 Å². The number of aryl methyl sites for hydroxylation is 2. The lowest BCUT2D eigenvalue weighted by Gasteiger charge is -2.46. The molecule has 6 atom stereocenters. The lowest BCUT2D eigenvalue weighted by atomic mass is 9.66. The Morgan fingerprint density at radius 1 is 1.09 bits per heavy atom. The van der Waals surface area contributed by atoms with E-state index < -0.39 is 27.3 Å². The number of amides is 1. The average Bonchev–Trinajstić information content (AvgIpc) is 3.10. The van der Waals surface area contributed by atoms with E-state index in [2.05, 4.69) is 21.8 Å². The van der Waals surface area contributed by atoms with Crippen molar-refractivity contribution in [3.8, 4) is 0 Å². The smallest absolute Gasteiger partial charge is 0.264 e. The highest BCUT2D eigenvalue weighted by Gasteiger charge is 2.43. The fourth-order valence-corrected chi connectivity index (χ4v) is 10.5. The maximum atomic E-state index is 13.7. The fraction of sp³-hybridized carbons (Fsp3) is 0.583. The summed E-state index contributed by atoms with van der Waals surface area (Å²) in [6.45, 7) is 7.56. The van der Waals surface area contributed by atoms with Crippen molar-refractivity contribution in [3.63, 3.8) is 0 Å². The second-order valence-electron chi connectivity index (χ2n) is 14.4. The molecule has 8 heteroatoms. The molecule has 0 saturated heterocycles. The standard InChI is InChI=1S/C36H47ClN2O4S/c1-23(2)18-34-24(3)6-4-8-33(40)30-13-11-28(30)21-39-22-36(16-5-7-26-19-29(37)12-14-31(26)36)17-15-25-9-10-27(20-32(25)39)35(41)38-44(34,42)43/h4,8-10,12,14,19-20,23-24,28,30,33-34,40H,5-7,11,13,15-18,21-22H2,1-3H3,(H,38,41)/b8-4+/t24-,28+,30-,33+,34-,36-/m1/s1. The average molecular weight is 639 g/mol. The van der Waals surface area contributed by atoms with E-state index in [1.54, 1.807) is 6.07 Å². The van der Waals surface area contributed by atoms with Crippen LogP contribution in [0, 0.1) is 23.7 Å². The first-order chi connectivity index (χ1) is 21.0. The van der Waals surface area contributed by atoms with E-state index in [-0.39, 0.29) is 23.2 Å². The van der Waals surface area contributed by atoms with Crippen molar-refractivity contribution in [1.82, 2.24) is 4.72 Å². The second-order valence-corrected chi connectivity index (χ2v) is 16.8. The monoisotopic (exact) mass is 638 g/mol. The molecule has 4 aliphatic rings. The van der Waals surface area contributed by atoms with Gasteiger partial charge in [-0.25, -0.2) is 13.1 Å². The van der Waals surface area contributed by atoms with Crippen LogP contribution in [0.4, 0.5) is 5.69 Å². The first-order valence-electron chi connectivity index (χ1n) is 16.5. The lowest BCUT2D eigenvalue weighted by molar-refractivity contribution is 0.0456. The Bertz CT molecular complexity index is 1540. The van der Waals surface area contributed by atoms with Gasteiger partial charge in [0, 0.05) is 34.8 Å². The number of anilines is 1. The molecule has 1 spiro atoms. The molecule has 238 valence electrons. The first-order valence-corrected chi connectivity index (χ1v) is 18.5. The minimum Gasteiger partial charge on any atom is -0.389 e. The molecule has 2 bridgehead atoms. The van der Waals surface area contributed by atoms with Crippen molar-refractivity contribution in [2.75, 3.05) is 18.0 Å². The summed E-state index contributed by atoms with van der Waals surface area (Å²) in [6, 6.07) is 12.1. The highest BCUT2D eigenvalue weighted by molar-refractivity contribution is 7.90. The van der Waals surface area contributed by atoms with Crippen LogP contribution in [0.2, 0.25) is 5.02 Å². The van der Waals surface area contributed by atoms with E-state index in [4.69, 9.17) is 11.6 Å². The highest BCUT2D eigenvalue weighted by Crippen LogP contribution is 2.47. The fourth-order valence-electron chi connectivity index (χ4n) is 8.41. The zero-order valence-corrected chi connectivity index (χ0v) is 27.8. The predicted molar refractivity (Wildman–Crippen MR) is 178 cm³/mol. The largest absolute Gasteiger partial charge is 0.389 e. The molecular formula is C36H47ClN2O4S. The van der Waals surface area contributed by atoms with E-state index in [0.717, 1.165) is 68.7 Å². The Morgan fingerprint density at radius 3 is 2.66 bits per heavy atom. The van der Waals surface area contributed by atoms with Gasteiger partial charge >= 0.3 is 0 Å². The molecule has 2 heterocycles. The molecule has 0 aromatic heterocycles. The maximum absolute atomic E-state index is 13.7. The van der Waals surface area contributed by atoms with E-state index >= 15 is 0 Å². The Morgan fingerprint density at radius 2 is 1.91 bits per heavy atom. The number of fused-ring (bicyclic) bond motifs is 4. The number of hydrogen-bond donors (Lipinski definition) is 2. The molecule has 2 N–H and O–H groups in total. The summed E-state index contributed by atoms with van der Waals surface area (Å²) >= 11 is 6.43. The van der Waals surface area contributed by atoms with Gasteiger partial charge in [0.1, 0.15) is 0 Å². The van der Waals surface area contributed by atoms with Crippen LogP contribution >= 0.6 is 11.6 Å². The van der Waals surface area contributed by atoms with Crippen LogP contribution in [0.15, 0.2) is 48.6 Å². The van der Waals surface area contributed by atoms with Gasteiger partial charge in [-0.05, 0) is 122 Å². The van der Waals surface area contributed by atoms with Gasteiger partial charge in [0.15, 0.2) is 0 Å². The van der Waals surface area contributed by atoms with Crippen molar-refractivity contribution < 1.29 is 18.3 Å². The zero-order valence-electron chi connectivity index (χ0n) is 26.3. The zero-order chi connectivity index (χ0) is 31.2. The minimum absolute atomic E-state index is 0.0399. The summed E-state index contributed by atoms with van der Waals surface area (Å²) in [6.07, 6.45) is 11.4. The number of nitrogens with zero attached hydrogens (tertiary/aromatic N) is 1. The molecule has 1 amide bonds. The molecule has 2 aliphatic heterocycles. The molecule has 0 radical (unpaired) electrons. The summed E-state index contributed by atoms with van der Waals surface area (Å²) in [4.78, 5) is 16.1. The van der Waals surface area contributed by atoms with Gasteiger partial charge in [-0.15, -0.1) is 0 Å². The molecule has 2 aromatic carbocycles. The number of aliphatic hydroxyl groups is 1. The number of benzene rings is 2. The van der Waals surface area contributed by atoms with Crippen molar-refractivity contribution in [2.24, 2.45) is 23.7 Å². The third-order valence-electron chi connectivity index (χ3n) is 11.0. The molecule has 6 nitrogen and oxygen atoms in total. The first kappa shape index (κ1) is 31.6. The van der Waals surface area contributed by atoms with Crippen LogP contribution in [0.5, 0.6) is 0 Å². The van der Waals surface area contributed by atoms with Crippen LogP contribution < -0.4 is 9.62 Å². The molecule has 2 aliphatic carbocycles. The summed E-state index contributed by atoms with van der Waals surface area (Å²) in [5.41, 5.74) is 5.25. The quantitative estimate of drug-likeness (QED) is 0.353. The van der Waals surface area contributed by atoms with Gasteiger partial charge < -0.3 is 10.0 Å². The van der Waals surface area contributed by atoms with Gasteiger partial charge in [0.25, 0.3) is 5.91 Å². The van der Waals surface area contributed by atoms with Crippen LogP contribution in [0.25, 0.3) is 0 Å². The van der Waals surface area contributed by atoms with Crippen molar-refractivity contribution in [1.29, 1.82) is 0 Å². The Labute approximate surface area is 268 Å². The molecular weight excluding hydrogens is 592 g/mol. The van der Waals surface area contributed by atoms with E-state index in [9.17, 15) is 18.3 Å². The van der Waals surface area contributed by atoms with Crippen molar-refractivity contribution in [2.45, 2.75) is 95.3 Å². The molecule has 0 unspecified atom stereocenters. The molecule has 1 fully saturated rings. The Kier molecular flexibility index (Phi) is 8.95. The van der Waals surface area contributed by atoms with Crippen LogP contribution in [-0.4, -0.2) is 43.9 Å². The number of rotatable bonds is 2. The number of hydrogen-bond acceptors (Lipinski definition) is 5. The lowest BCUT2D eigenvalue weighted by Crippen LogP contribution is -2.48. The third kappa shape index (κ3) is 6.21. The van der Waals surface area contributed by atoms with Crippen molar-refractivity contribution in [3.05, 3.63) is 75.8 Å². The van der Waals surface area contributed by atoms with Gasteiger partial charge in [-0.1, -0.05) is 56.7 Å². The SMILES string of the molecule is CC(C)C[C@@H]1[C@H](C)C/C=C/[C@H](O)[C@@H]2CC[C@H]2CN2C[C@@]3(CCCc4cc(Cl)ccc43)CCc3ccc(cc32)C(=O)NS1(=O)=O. The van der Waals surface area contributed by atoms with E-state index in [1.165, 1.54) is 16.7 Å². The van der Waals surface area contributed by atoms with Gasteiger partial charge in [-0.3, -0.25) is 4.79 Å². The summed E-state index contributed by atoms with van der Waals surface area (Å²) in [7, 11) is -3.94. The predicted octanol–water partition coefficient (Wildman–Crippen LogP) is 6.82. The summed E-state index contributed by atoms with van der Waals surface area (Å²) in [5, 5.41) is 11.3. The van der Waals surface area contributed by atoms with Crippen molar-refractivity contribution >= 4 is 33.2 Å². The highest BCUT2D eigenvalue weighted by atomic mass is 35.5. The number of sulfonamides is 1. The number of halogens is 1. The Hall–Kier alpha value is -2.35. The third-order valence-corrected chi connectivity index (χ3v) is 13.1. The van der Waals surface area contributed by atoms with Gasteiger partial charge in [-0.2, -0.15) is 0 Å². The molecule has 6 rings (SSSR count). The maximum Gasteiger partial charge on any atom is 0.264 e. The molecule has 1 saturated carbocycles. The summed E-state index contributed by atoms with van der Waals surface area (Å²) in [5.74, 6) is -0.119. The molecule has 2 aromatic rings. The number of carbonyl (C=O) groups is 1. The topological polar surface area (TPSA) is 86.7 Å². The summed E-state index contributed by atoms with van der Waals surface area (Å²) < 4.78 is 29.8. The normalized spacial score (nSPS) is 32.6. The number of nitrogens with one attached hydrogen (secondary N) is 1. The Balaban J connectivity index is 1.42. The van der Waals surface area contributed by atoms with E-state index in [1.807, 2.05) is 51.1 Å². The van der Waals surface area contributed by atoms with Gasteiger partial charge in [0.05, 0.1) is 11.4 Å². The number of allylic oxidation sites excluding steroid dienone is 1. The number of aliphatic hydroxyl groups excluding tert-OH is 1.